The van der Waals surface area contributed by atoms with Gasteiger partial charge < -0.3 is 24.8 Å². The maximum atomic E-state index is 14.4. The van der Waals surface area contributed by atoms with E-state index >= 15 is 0 Å². The number of anilines is 1. The van der Waals surface area contributed by atoms with Crippen LogP contribution >= 0.6 is 0 Å². The van der Waals surface area contributed by atoms with Crippen molar-refractivity contribution in [2.75, 3.05) is 38.7 Å². The summed E-state index contributed by atoms with van der Waals surface area (Å²) in [5.74, 6) is -0.507. The van der Waals surface area contributed by atoms with E-state index in [2.05, 4.69) is 5.32 Å². The molecule has 0 aliphatic carbocycles. The Kier molecular flexibility index (Phi) is 13.2. The first-order chi connectivity index (χ1) is 22.9. The van der Waals surface area contributed by atoms with E-state index in [1.54, 1.807) is 61.3 Å². The number of carbonyl (C=O) groups is 2. The van der Waals surface area contributed by atoms with Gasteiger partial charge in [-0.15, -0.1) is 0 Å². The van der Waals surface area contributed by atoms with E-state index in [4.69, 9.17) is 9.47 Å². The van der Waals surface area contributed by atoms with Crippen LogP contribution in [0.4, 0.5) is 5.69 Å². The average molecular weight is 680 g/mol. The van der Waals surface area contributed by atoms with Crippen molar-refractivity contribution in [3.63, 3.8) is 0 Å². The molecule has 4 atom stereocenters. The van der Waals surface area contributed by atoms with E-state index in [0.29, 0.717) is 24.5 Å². The standard InChI is InChI=1S/C37H49N3O7S/c1-26-14-17-32(18-15-26)48(44,45)39(5)24-35-27(2)23-40(28(3)25-41)37(43)33-22-31(38-36(42)21-30-12-7-6-8-13-30)16-19-34(33)47-29(4)11-9-10-20-46-35/h6-8,12-19,22,27-29,35,41H,9-11,20-21,23-25H2,1-5H3,(H,38,42)/t27-,28-,29+,35+/m0/s1. The highest BCUT2D eigenvalue weighted by Gasteiger charge is 2.32. The predicted octanol–water partition coefficient (Wildman–Crippen LogP) is 5.29. The van der Waals surface area contributed by atoms with Gasteiger partial charge in [-0.1, -0.05) is 55.0 Å². The van der Waals surface area contributed by atoms with Crippen LogP contribution in [-0.4, -0.2) is 86.1 Å². The fraction of sp³-hybridized carbons (Fsp3) is 0.459. The minimum absolute atomic E-state index is 0.0839. The number of nitrogens with one attached hydrogen (secondary N) is 1. The molecule has 1 aliphatic heterocycles. The summed E-state index contributed by atoms with van der Waals surface area (Å²) in [4.78, 5) is 29.0. The zero-order chi connectivity index (χ0) is 34.8. The number of fused-ring (bicyclic) bond motifs is 1. The number of nitrogens with zero attached hydrogens (tertiary/aromatic N) is 2. The van der Waals surface area contributed by atoms with Gasteiger partial charge in [0.1, 0.15) is 5.75 Å². The number of likely N-dealkylation sites (N-methyl/N-ethyl adjacent to an activating group) is 1. The maximum absolute atomic E-state index is 14.4. The molecule has 48 heavy (non-hydrogen) atoms. The van der Waals surface area contributed by atoms with E-state index in [9.17, 15) is 23.1 Å². The molecule has 4 rings (SSSR count). The maximum Gasteiger partial charge on any atom is 0.258 e. The predicted molar refractivity (Wildman–Crippen MR) is 187 cm³/mol. The third kappa shape index (κ3) is 9.88. The number of amides is 2. The molecule has 0 fully saturated rings. The lowest BCUT2D eigenvalue weighted by molar-refractivity contribution is -0.115. The first-order valence-corrected chi connectivity index (χ1v) is 18.0. The molecule has 0 bridgehead atoms. The fourth-order valence-electron chi connectivity index (χ4n) is 5.69. The van der Waals surface area contributed by atoms with Crippen molar-refractivity contribution in [1.82, 2.24) is 9.21 Å². The van der Waals surface area contributed by atoms with E-state index in [1.807, 2.05) is 51.1 Å². The fourth-order valence-corrected chi connectivity index (χ4v) is 6.87. The zero-order valence-electron chi connectivity index (χ0n) is 28.6. The summed E-state index contributed by atoms with van der Waals surface area (Å²) in [7, 11) is -2.24. The normalized spacial score (nSPS) is 20.4. The Balaban J connectivity index is 1.62. The Morgan fingerprint density at radius 2 is 1.77 bits per heavy atom. The van der Waals surface area contributed by atoms with Crippen LogP contribution < -0.4 is 10.1 Å². The minimum atomic E-state index is -3.79. The summed E-state index contributed by atoms with van der Waals surface area (Å²) in [5.41, 5.74) is 2.55. The molecule has 3 aromatic carbocycles. The first kappa shape index (κ1) is 37.1. The van der Waals surface area contributed by atoms with Gasteiger partial charge >= 0.3 is 0 Å². The molecular formula is C37H49N3O7S. The molecule has 0 spiro atoms. The molecule has 10 nitrogen and oxygen atoms in total. The van der Waals surface area contributed by atoms with Crippen LogP contribution in [0.3, 0.4) is 0 Å². The average Bonchev–Trinajstić information content (AvgIpc) is 3.06. The van der Waals surface area contributed by atoms with E-state index in [0.717, 1.165) is 24.0 Å². The lowest BCUT2D eigenvalue weighted by Crippen LogP contribution is -2.48. The topological polar surface area (TPSA) is 125 Å². The number of aliphatic hydroxyl groups excluding tert-OH is 1. The minimum Gasteiger partial charge on any atom is -0.490 e. The van der Waals surface area contributed by atoms with Gasteiger partial charge in [0.25, 0.3) is 5.91 Å². The Hall–Kier alpha value is -3.77. The summed E-state index contributed by atoms with van der Waals surface area (Å²) < 4.78 is 40.9. The SMILES string of the molecule is Cc1ccc(S(=O)(=O)N(C)C[C@H]2OCCCC[C@@H](C)Oc3ccc(NC(=O)Cc4ccccc4)cc3C(=O)N([C@@H](C)CO)C[C@@H]2C)cc1. The number of hydrogen-bond acceptors (Lipinski definition) is 7. The van der Waals surface area contributed by atoms with Crippen molar-refractivity contribution < 1.29 is 32.6 Å². The highest BCUT2D eigenvalue weighted by Crippen LogP contribution is 2.29. The highest BCUT2D eigenvalue weighted by atomic mass is 32.2. The Labute approximate surface area is 285 Å². The molecule has 1 heterocycles. The molecule has 2 amide bonds. The third-order valence-corrected chi connectivity index (χ3v) is 10.5. The van der Waals surface area contributed by atoms with Gasteiger partial charge in [0.2, 0.25) is 15.9 Å². The molecule has 11 heteroatoms. The largest absolute Gasteiger partial charge is 0.490 e. The molecule has 1 aliphatic rings. The van der Waals surface area contributed by atoms with Gasteiger partial charge in [-0.3, -0.25) is 9.59 Å². The van der Waals surface area contributed by atoms with Crippen LogP contribution in [0, 0.1) is 12.8 Å². The second-order valence-electron chi connectivity index (χ2n) is 12.8. The summed E-state index contributed by atoms with van der Waals surface area (Å²) in [6.45, 7) is 7.93. The molecule has 0 saturated carbocycles. The number of ether oxygens (including phenoxy) is 2. The van der Waals surface area contributed by atoms with E-state index < -0.39 is 22.2 Å². The van der Waals surface area contributed by atoms with Crippen molar-refractivity contribution in [2.45, 2.75) is 76.5 Å². The smallest absolute Gasteiger partial charge is 0.258 e. The lowest BCUT2D eigenvalue weighted by Gasteiger charge is -2.35. The number of benzene rings is 3. The van der Waals surface area contributed by atoms with Gasteiger partial charge in [0.15, 0.2) is 0 Å². The third-order valence-electron chi connectivity index (χ3n) is 8.71. The summed E-state index contributed by atoms with van der Waals surface area (Å²) >= 11 is 0. The molecule has 260 valence electrons. The van der Waals surface area contributed by atoms with Crippen molar-refractivity contribution in [1.29, 1.82) is 0 Å². The first-order valence-electron chi connectivity index (χ1n) is 16.6. The van der Waals surface area contributed by atoms with Crippen molar-refractivity contribution in [2.24, 2.45) is 5.92 Å². The molecule has 0 saturated heterocycles. The molecule has 0 unspecified atom stereocenters. The number of carbonyl (C=O) groups excluding carboxylic acids is 2. The van der Waals surface area contributed by atoms with Crippen molar-refractivity contribution >= 4 is 27.5 Å². The molecule has 0 aromatic heterocycles. The lowest BCUT2D eigenvalue weighted by atomic mass is 10.0. The van der Waals surface area contributed by atoms with Crippen LogP contribution in [0.15, 0.2) is 77.7 Å². The Morgan fingerprint density at radius 3 is 2.46 bits per heavy atom. The number of hydrogen-bond donors (Lipinski definition) is 2. The Bertz CT molecular complexity index is 1620. The van der Waals surface area contributed by atoms with Crippen LogP contribution in [0.2, 0.25) is 0 Å². The van der Waals surface area contributed by atoms with E-state index in [-0.39, 0.29) is 60.4 Å². The summed E-state index contributed by atoms with van der Waals surface area (Å²) in [6, 6.07) is 20.6. The number of aliphatic hydroxyl groups is 1. The quantitative estimate of drug-likeness (QED) is 0.315. The van der Waals surface area contributed by atoms with Crippen molar-refractivity contribution in [3.05, 3.63) is 89.5 Å². The van der Waals surface area contributed by atoms with Crippen LogP contribution in [0.1, 0.15) is 61.5 Å². The van der Waals surface area contributed by atoms with Gasteiger partial charge in [-0.25, -0.2) is 8.42 Å². The number of rotatable bonds is 9. The molecule has 3 aromatic rings. The highest BCUT2D eigenvalue weighted by molar-refractivity contribution is 7.89. The molecular weight excluding hydrogens is 630 g/mol. The van der Waals surface area contributed by atoms with Gasteiger partial charge in [-0.2, -0.15) is 4.31 Å². The van der Waals surface area contributed by atoms with Crippen LogP contribution in [0.5, 0.6) is 5.75 Å². The van der Waals surface area contributed by atoms with Crippen LogP contribution in [0.25, 0.3) is 0 Å². The van der Waals surface area contributed by atoms with E-state index in [1.165, 1.54) is 4.31 Å². The summed E-state index contributed by atoms with van der Waals surface area (Å²) in [6.07, 6.45) is 1.72. The zero-order valence-corrected chi connectivity index (χ0v) is 29.4. The van der Waals surface area contributed by atoms with Gasteiger partial charge in [0.05, 0.1) is 41.7 Å². The second-order valence-corrected chi connectivity index (χ2v) is 14.9. The second kappa shape index (κ2) is 17.1. The number of sulfonamides is 1. The van der Waals surface area contributed by atoms with Crippen LogP contribution in [-0.2, 0) is 26.0 Å². The summed E-state index contributed by atoms with van der Waals surface area (Å²) in [5, 5.41) is 13.1. The van der Waals surface area contributed by atoms with Gasteiger partial charge in [0, 0.05) is 38.3 Å². The van der Waals surface area contributed by atoms with Crippen molar-refractivity contribution in [3.8, 4) is 5.75 Å². The van der Waals surface area contributed by atoms with Gasteiger partial charge in [-0.05, 0) is 75.9 Å². The Morgan fingerprint density at radius 1 is 1.06 bits per heavy atom. The monoisotopic (exact) mass is 679 g/mol. The number of aryl methyl sites for hydroxylation is 1. The molecule has 0 radical (unpaired) electrons. The molecule has 2 N–H and O–H groups in total.